The highest BCUT2D eigenvalue weighted by atomic mass is 35.5. The molecule has 4 heteroatoms. The van der Waals surface area contributed by atoms with Gasteiger partial charge in [0.15, 0.2) is 0 Å². The number of hydrogen-bond donors (Lipinski definition) is 1. The molecule has 18 heavy (non-hydrogen) atoms. The quantitative estimate of drug-likeness (QED) is 0.892. The van der Waals surface area contributed by atoms with Crippen molar-refractivity contribution >= 4 is 11.6 Å². The molecule has 0 bridgehead atoms. The fraction of sp³-hybridized carbons (Fsp3) is 0.571. The monoisotopic (exact) mass is 269 g/mol. The van der Waals surface area contributed by atoms with Crippen LogP contribution in [0.15, 0.2) is 24.3 Å². The third-order valence-corrected chi connectivity index (χ3v) is 3.51. The van der Waals surface area contributed by atoms with E-state index >= 15 is 0 Å². The van der Waals surface area contributed by atoms with Crippen molar-refractivity contribution in [3.05, 3.63) is 34.9 Å². The van der Waals surface area contributed by atoms with Crippen LogP contribution in [0.2, 0.25) is 5.02 Å². The Balaban J connectivity index is 2.05. The van der Waals surface area contributed by atoms with Gasteiger partial charge in [0.05, 0.1) is 12.2 Å². The lowest BCUT2D eigenvalue weighted by molar-refractivity contribution is -0.0684. The maximum absolute atomic E-state index is 6.24. The first-order chi connectivity index (χ1) is 8.81. The second kappa shape index (κ2) is 7.10. The highest BCUT2D eigenvalue weighted by Crippen LogP contribution is 2.28. The summed E-state index contributed by atoms with van der Waals surface area (Å²) < 4.78 is 11.5. The van der Waals surface area contributed by atoms with Gasteiger partial charge in [-0.25, -0.2) is 0 Å². The molecule has 1 aliphatic heterocycles. The minimum Gasteiger partial charge on any atom is -0.381 e. The predicted octanol–water partition coefficient (Wildman–Crippen LogP) is 2.80. The molecule has 0 spiro atoms. The Kier molecular flexibility index (Phi) is 5.45. The van der Waals surface area contributed by atoms with E-state index in [1.54, 1.807) is 0 Å². The van der Waals surface area contributed by atoms with E-state index in [1.807, 2.05) is 31.3 Å². The summed E-state index contributed by atoms with van der Waals surface area (Å²) in [6.07, 6.45) is 2.20. The number of ether oxygens (including phenoxy) is 2. The molecule has 1 N–H and O–H groups in total. The van der Waals surface area contributed by atoms with Crippen molar-refractivity contribution in [1.82, 2.24) is 5.32 Å². The normalized spacial score (nSPS) is 18.8. The minimum atomic E-state index is 0.00630. The zero-order chi connectivity index (χ0) is 12.8. The topological polar surface area (TPSA) is 30.5 Å². The van der Waals surface area contributed by atoms with Crippen LogP contribution in [0.1, 0.15) is 24.5 Å². The van der Waals surface area contributed by atoms with Gasteiger partial charge in [0, 0.05) is 30.3 Å². The first kappa shape index (κ1) is 13.8. The molecule has 0 radical (unpaired) electrons. The van der Waals surface area contributed by atoms with Crippen LogP contribution >= 0.6 is 11.6 Å². The first-order valence-electron chi connectivity index (χ1n) is 6.43. The van der Waals surface area contributed by atoms with Crippen molar-refractivity contribution in [1.29, 1.82) is 0 Å². The number of hydrogen-bond acceptors (Lipinski definition) is 3. The van der Waals surface area contributed by atoms with Gasteiger partial charge in [-0.1, -0.05) is 29.8 Å². The van der Waals surface area contributed by atoms with E-state index in [0.717, 1.165) is 43.2 Å². The number of halogens is 1. The molecular weight excluding hydrogens is 250 g/mol. The van der Waals surface area contributed by atoms with Gasteiger partial charge >= 0.3 is 0 Å². The third-order valence-electron chi connectivity index (χ3n) is 3.17. The van der Waals surface area contributed by atoms with Gasteiger partial charge in [-0.2, -0.15) is 0 Å². The molecule has 0 amide bonds. The largest absolute Gasteiger partial charge is 0.381 e. The van der Waals surface area contributed by atoms with Gasteiger partial charge in [-0.3, -0.25) is 0 Å². The van der Waals surface area contributed by atoms with Crippen LogP contribution in [0.4, 0.5) is 0 Å². The minimum absolute atomic E-state index is 0.00630. The van der Waals surface area contributed by atoms with E-state index in [9.17, 15) is 0 Å². The second-order valence-corrected chi connectivity index (χ2v) is 4.92. The fourth-order valence-corrected chi connectivity index (χ4v) is 2.45. The lowest BCUT2D eigenvalue weighted by Gasteiger charge is -2.28. The molecule has 1 saturated heterocycles. The van der Waals surface area contributed by atoms with Gasteiger partial charge in [0.1, 0.15) is 0 Å². The average Bonchev–Trinajstić information content (AvgIpc) is 2.40. The molecule has 1 fully saturated rings. The van der Waals surface area contributed by atoms with Crippen molar-refractivity contribution in [3.63, 3.8) is 0 Å². The Labute approximate surface area is 113 Å². The van der Waals surface area contributed by atoms with Crippen LogP contribution < -0.4 is 5.32 Å². The molecule has 2 rings (SSSR count). The third kappa shape index (κ3) is 3.69. The van der Waals surface area contributed by atoms with Crippen molar-refractivity contribution in [2.75, 3.05) is 26.8 Å². The lowest BCUT2D eigenvalue weighted by Crippen LogP contribution is -2.29. The Hall–Kier alpha value is -0.610. The van der Waals surface area contributed by atoms with Crippen LogP contribution in [0.3, 0.4) is 0 Å². The summed E-state index contributed by atoms with van der Waals surface area (Å²) in [6.45, 7) is 2.35. The van der Waals surface area contributed by atoms with Crippen LogP contribution in [0.5, 0.6) is 0 Å². The molecule has 1 aliphatic rings. The summed E-state index contributed by atoms with van der Waals surface area (Å²) >= 11 is 6.24. The molecule has 1 heterocycles. The Morgan fingerprint density at radius 1 is 1.39 bits per heavy atom. The van der Waals surface area contributed by atoms with Crippen molar-refractivity contribution in [2.24, 2.45) is 0 Å². The molecule has 1 atom stereocenters. The number of rotatable bonds is 5. The van der Waals surface area contributed by atoms with E-state index in [-0.39, 0.29) is 12.2 Å². The lowest BCUT2D eigenvalue weighted by atomic mass is 10.1. The summed E-state index contributed by atoms with van der Waals surface area (Å²) in [5.74, 6) is 0. The molecule has 3 nitrogen and oxygen atoms in total. The van der Waals surface area contributed by atoms with Crippen molar-refractivity contribution in [3.8, 4) is 0 Å². The Bertz CT molecular complexity index is 367. The van der Waals surface area contributed by atoms with Gasteiger partial charge in [-0.15, -0.1) is 0 Å². The highest BCUT2D eigenvalue weighted by Gasteiger charge is 2.21. The van der Waals surface area contributed by atoms with Crippen LogP contribution in [0.25, 0.3) is 0 Å². The second-order valence-electron chi connectivity index (χ2n) is 4.52. The molecule has 0 aromatic heterocycles. The van der Waals surface area contributed by atoms with Gasteiger partial charge in [-0.05, 0) is 26.0 Å². The molecule has 1 aromatic rings. The van der Waals surface area contributed by atoms with E-state index in [2.05, 4.69) is 5.32 Å². The van der Waals surface area contributed by atoms with Crippen molar-refractivity contribution in [2.45, 2.75) is 25.0 Å². The molecule has 0 saturated carbocycles. The fourth-order valence-electron chi connectivity index (χ4n) is 2.20. The first-order valence-corrected chi connectivity index (χ1v) is 6.81. The molecule has 1 unspecified atom stereocenters. The van der Waals surface area contributed by atoms with Gasteiger partial charge in [0.2, 0.25) is 0 Å². The standard InChI is InChI=1S/C14H20ClNO2/c1-16-10-14(12-4-2-3-5-13(12)15)18-11-6-8-17-9-7-11/h2-5,11,14,16H,6-10H2,1H3. The van der Waals surface area contributed by atoms with Gasteiger partial charge < -0.3 is 14.8 Å². The highest BCUT2D eigenvalue weighted by molar-refractivity contribution is 6.31. The zero-order valence-electron chi connectivity index (χ0n) is 10.7. The van der Waals surface area contributed by atoms with E-state index < -0.39 is 0 Å². The maximum atomic E-state index is 6.24. The molecule has 100 valence electrons. The predicted molar refractivity (Wildman–Crippen MR) is 73.0 cm³/mol. The summed E-state index contributed by atoms with van der Waals surface area (Å²) in [5, 5.41) is 3.94. The summed E-state index contributed by atoms with van der Waals surface area (Å²) in [6, 6.07) is 7.88. The molecule has 1 aromatic carbocycles. The Morgan fingerprint density at radius 3 is 2.78 bits per heavy atom. The number of nitrogens with one attached hydrogen (secondary N) is 1. The maximum Gasteiger partial charge on any atom is 0.0967 e. The van der Waals surface area contributed by atoms with Gasteiger partial charge in [0.25, 0.3) is 0 Å². The summed E-state index contributed by atoms with van der Waals surface area (Å²) in [7, 11) is 1.93. The van der Waals surface area contributed by atoms with Crippen LogP contribution in [0, 0.1) is 0 Å². The van der Waals surface area contributed by atoms with Crippen LogP contribution in [-0.4, -0.2) is 32.9 Å². The SMILES string of the molecule is CNCC(OC1CCOCC1)c1ccccc1Cl. The molecular formula is C14H20ClNO2. The smallest absolute Gasteiger partial charge is 0.0967 e. The molecule has 0 aliphatic carbocycles. The Morgan fingerprint density at radius 2 is 2.11 bits per heavy atom. The average molecular weight is 270 g/mol. The number of benzene rings is 1. The van der Waals surface area contributed by atoms with E-state index in [1.165, 1.54) is 0 Å². The van der Waals surface area contributed by atoms with E-state index in [4.69, 9.17) is 21.1 Å². The summed E-state index contributed by atoms with van der Waals surface area (Å²) in [5.41, 5.74) is 1.06. The van der Waals surface area contributed by atoms with Crippen LogP contribution in [-0.2, 0) is 9.47 Å². The zero-order valence-corrected chi connectivity index (χ0v) is 11.5. The van der Waals surface area contributed by atoms with E-state index in [0.29, 0.717) is 0 Å². The summed E-state index contributed by atoms with van der Waals surface area (Å²) in [4.78, 5) is 0. The van der Waals surface area contributed by atoms with Crippen molar-refractivity contribution < 1.29 is 9.47 Å². The number of likely N-dealkylation sites (N-methyl/N-ethyl adjacent to an activating group) is 1.